The molecule has 0 saturated carbocycles. The Kier molecular flexibility index (Phi) is 4.75. The average molecular weight is 350 g/mol. The molecule has 1 aliphatic heterocycles. The molecular weight excluding hydrogens is 334 g/mol. The molecule has 2 aromatic rings. The summed E-state index contributed by atoms with van der Waals surface area (Å²) in [6.45, 7) is 0.931. The smallest absolute Gasteiger partial charge is 0.236 e. The van der Waals surface area contributed by atoms with E-state index in [0.717, 1.165) is 17.7 Å². The molecule has 23 heavy (non-hydrogen) atoms. The third kappa shape index (κ3) is 3.96. The highest BCUT2D eigenvalue weighted by molar-refractivity contribution is 7.92. The molecule has 0 amide bonds. The van der Waals surface area contributed by atoms with Gasteiger partial charge in [-0.25, -0.2) is 8.42 Å². The van der Waals surface area contributed by atoms with Crippen LogP contribution in [0.3, 0.4) is 0 Å². The minimum atomic E-state index is -3.44. The lowest BCUT2D eigenvalue weighted by molar-refractivity contribution is 0.480. The van der Waals surface area contributed by atoms with Gasteiger partial charge in [-0.15, -0.1) is 0 Å². The summed E-state index contributed by atoms with van der Waals surface area (Å²) in [6, 6.07) is 7.02. The number of halogens is 1. The topological polar surface area (TPSA) is 63.2 Å². The van der Waals surface area contributed by atoms with Crippen LogP contribution in [0.15, 0.2) is 48.3 Å². The van der Waals surface area contributed by atoms with Crippen molar-refractivity contribution < 1.29 is 8.42 Å². The summed E-state index contributed by atoms with van der Waals surface area (Å²) in [6.07, 6.45) is 7.28. The summed E-state index contributed by atoms with van der Waals surface area (Å²) in [5, 5.41) is 1.87. The first kappa shape index (κ1) is 16.1. The second kappa shape index (κ2) is 6.78. The van der Waals surface area contributed by atoms with Gasteiger partial charge in [0.05, 0.1) is 5.69 Å². The summed E-state index contributed by atoms with van der Waals surface area (Å²) in [7, 11) is -3.44. The Labute approximate surface area is 140 Å². The Morgan fingerprint density at radius 2 is 2.00 bits per heavy atom. The average Bonchev–Trinajstić information content (AvgIpc) is 3.06. The molecular formula is C16H16ClN3O2S. The van der Waals surface area contributed by atoms with Gasteiger partial charge in [0.25, 0.3) is 0 Å². The Morgan fingerprint density at radius 1 is 1.22 bits per heavy atom. The lowest BCUT2D eigenvalue weighted by Gasteiger charge is -2.13. The van der Waals surface area contributed by atoms with E-state index >= 15 is 0 Å². The number of aromatic nitrogens is 2. The highest BCUT2D eigenvalue weighted by atomic mass is 35.5. The van der Waals surface area contributed by atoms with E-state index in [9.17, 15) is 8.42 Å². The van der Waals surface area contributed by atoms with Gasteiger partial charge >= 0.3 is 0 Å². The zero-order valence-corrected chi connectivity index (χ0v) is 13.9. The second-order valence-electron chi connectivity index (χ2n) is 5.37. The summed E-state index contributed by atoms with van der Waals surface area (Å²) in [5.74, 6) is 0.0995. The molecule has 1 fully saturated rings. The molecule has 2 heterocycles. The monoisotopic (exact) mass is 349 g/mol. The molecule has 0 N–H and O–H groups in total. The number of nitrogens with zero attached hydrogens (tertiary/aromatic N) is 3. The number of hydrogen-bond acceptors (Lipinski definition) is 4. The molecule has 1 aliphatic rings. The van der Waals surface area contributed by atoms with Crippen molar-refractivity contribution in [2.45, 2.75) is 12.3 Å². The molecule has 1 saturated heterocycles. The summed E-state index contributed by atoms with van der Waals surface area (Å²) < 4.78 is 26.3. The Hall–Kier alpha value is -1.76. The Balaban J connectivity index is 1.70. The SMILES string of the molecule is O=S(=O)(C=Cc1ccc(Cl)cc1)N1CCC(c2cnccn2)C1. The third-order valence-electron chi connectivity index (χ3n) is 3.81. The summed E-state index contributed by atoms with van der Waals surface area (Å²) in [5.41, 5.74) is 1.63. The predicted octanol–water partition coefficient (Wildman–Crippen LogP) is 2.92. The summed E-state index contributed by atoms with van der Waals surface area (Å²) >= 11 is 5.82. The first-order valence-corrected chi connectivity index (χ1v) is 9.12. The normalized spacial score (nSPS) is 19.4. The van der Waals surface area contributed by atoms with Crippen LogP contribution >= 0.6 is 11.6 Å². The van der Waals surface area contributed by atoms with Gasteiger partial charge in [0.2, 0.25) is 10.0 Å². The van der Waals surface area contributed by atoms with Crippen molar-refractivity contribution in [3.63, 3.8) is 0 Å². The molecule has 1 aromatic heterocycles. The van der Waals surface area contributed by atoms with Gasteiger partial charge in [-0.2, -0.15) is 4.31 Å². The first-order valence-electron chi connectivity index (χ1n) is 7.24. The predicted molar refractivity (Wildman–Crippen MR) is 90.4 cm³/mol. The van der Waals surface area contributed by atoms with E-state index in [0.29, 0.717) is 18.1 Å². The largest absolute Gasteiger partial charge is 0.261 e. The van der Waals surface area contributed by atoms with E-state index in [1.165, 1.54) is 9.71 Å². The van der Waals surface area contributed by atoms with Crippen LogP contribution in [0, 0.1) is 0 Å². The molecule has 1 aromatic carbocycles. The van der Waals surface area contributed by atoms with Crippen LogP contribution in [-0.2, 0) is 10.0 Å². The maximum atomic E-state index is 12.4. The van der Waals surface area contributed by atoms with Crippen molar-refractivity contribution >= 4 is 27.7 Å². The fraction of sp³-hybridized carbons (Fsp3) is 0.250. The fourth-order valence-electron chi connectivity index (χ4n) is 2.55. The van der Waals surface area contributed by atoms with E-state index < -0.39 is 10.0 Å². The van der Waals surface area contributed by atoms with E-state index in [1.54, 1.807) is 48.9 Å². The third-order valence-corrected chi connectivity index (χ3v) is 5.60. The van der Waals surface area contributed by atoms with Crippen molar-refractivity contribution in [2.75, 3.05) is 13.1 Å². The van der Waals surface area contributed by atoms with Gasteiger partial charge in [-0.3, -0.25) is 9.97 Å². The standard InChI is InChI=1S/C16H16ClN3O2S/c17-15-3-1-13(2-4-15)6-10-23(21,22)20-9-5-14(12-20)16-11-18-7-8-19-16/h1-4,6-8,10-11,14H,5,9,12H2. The van der Waals surface area contributed by atoms with E-state index in [4.69, 9.17) is 11.6 Å². The van der Waals surface area contributed by atoms with Crippen LogP contribution in [0.5, 0.6) is 0 Å². The van der Waals surface area contributed by atoms with Crippen molar-refractivity contribution in [2.24, 2.45) is 0 Å². The zero-order chi connectivity index (χ0) is 16.3. The Morgan fingerprint density at radius 3 is 2.70 bits per heavy atom. The maximum Gasteiger partial charge on any atom is 0.236 e. The molecule has 0 spiro atoms. The van der Waals surface area contributed by atoms with E-state index in [1.807, 2.05) is 0 Å². The van der Waals surface area contributed by atoms with Crippen molar-refractivity contribution in [1.29, 1.82) is 0 Å². The second-order valence-corrected chi connectivity index (χ2v) is 7.63. The lowest BCUT2D eigenvalue weighted by Crippen LogP contribution is -2.26. The van der Waals surface area contributed by atoms with Crippen LogP contribution in [0.4, 0.5) is 0 Å². The van der Waals surface area contributed by atoms with Crippen LogP contribution < -0.4 is 0 Å². The number of hydrogen-bond donors (Lipinski definition) is 0. The Bertz CT molecular complexity index is 792. The number of rotatable bonds is 4. The quantitative estimate of drug-likeness (QED) is 0.851. The maximum absolute atomic E-state index is 12.4. The molecule has 0 aliphatic carbocycles. The van der Waals surface area contributed by atoms with E-state index in [-0.39, 0.29) is 5.92 Å². The highest BCUT2D eigenvalue weighted by Crippen LogP contribution is 2.27. The minimum Gasteiger partial charge on any atom is -0.261 e. The van der Waals surface area contributed by atoms with Crippen LogP contribution in [-0.4, -0.2) is 35.8 Å². The van der Waals surface area contributed by atoms with Gasteiger partial charge in [0.15, 0.2) is 0 Å². The first-order chi connectivity index (χ1) is 11.0. The number of sulfonamides is 1. The number of benzene rings is 1. The van der Waals surface area contributed by atoms with Gasteiger partial charge in [0, 0.05) is 48.0 Å². The van der Waals surface area contributed by atoms with Crippen molar-refractivity contribution in [3.05, 3.63) is 64.5 Å². The van der Waals surface area contributed by atoms with Gasteiger partial charge < -0.3 is 0 Å². The molecule has 0 bridgehead atoms. The van der Waals surface area contributed by atoms with Crippen molar-refractivity contribution in [3.8, 4) is 0 Å². The fourth-order valence-corrected chi connectivity index (χ4v) is 3.92. The van der Waals surface area contributed by atoms with Gasteiger partial charge in [0.1, 0.15) is 0 Å². The van der Waals surface area contributed by atoms with Gasteiger partial charge in [-0.05, 0) is 30.2 Å². The minimum absolute atomic E-state index is 0.0995. The molecule has 120 valence electrons. The molecule has 5 nitrogen and oxygen atoms in total. The van der Waals surface area contributed by atoms with Crippen LogP contribution in [0.25, 0.3) is 6.08 Å². The zero-order valence-electron chi connectivity index (χ0n) is 12.3. The highest BCUT2D eigenvalue weighted by Gasteiger charge is 2.31. The molecule has 1 atom stereocenters. The molecule has 1 unspecified atom stereocenters. The van der Waals surface area contributed by atoms with Crippen molar-refractivity contribution in [1.82, 2.24) is 14.3 Å². The molecule has 0 radical (unpaired) electrons. The lowest BCUT2D eigenvalue weighted by atomic mass is 10.1. The summed E-state index contributed by atoms with van der Waals surface area (Å²) in [4.78, 5) is 8.31. The molecule has 3 rings (SSSR count). The van der Waals surface area contributed by atoms with Crippen LogP contribution in [0.2, 0.25) is 5.02 Å². The van der Waals surface area contributed by atoms with Gasteiger partial charge in [-0.1, -0.05) is 23.7 Å². The van der Waals surface area contributed by atoms with Crippen LogP contribution in [0.1, 0.15) is 23.6 Å². The molecule has 7 heteroatoms. The van der Waals surface area contributed by atoms with E-state index in [2.05, 4.69) is 9.97 Å².